The Morgan fingerprint density at radius 1 is 1.14 bits per heavy atom. The quantitative estimate of drug-likeness (QED) is 0.827. The van der Waals surface area contributed by atoms with Gasteiger partial charge in [0.05, 0.1) is 10.6 Å². The Bertz CT molecular complexity index is 920. The van der Waals surface area contributed by atoms with Crippen molar-refractivity contribution in [1.82, 2.24) is 0 Å². The first-order valence-electron chi connectivity index (χ1n) is 6.30. The maximum atomic E-state index is 12.1. The fraction of sp³-hybridized carbons (Fsp3) is 0. The van der Waals surface area contributed by atoms with Crippen LogP contribution in [-0.4, -0.2) is 14.3 Å². The standard InChI is InChI=1S/C15H11ClN2O3S/c16-10-4-5-12-13(15(19)18-14(12)8-10)7-9-2-1-3-11(6-9)22(17,20)21/h1-8H,(H,18,19)(H2,17,20,21)/b13-7+. The Morgan fingerprint density at radius 2 is 1.91 bits per heavy atom. The molecule has 1 aliphatic heterocycles. The minimum Gasteiger partial charge on any atom is -0.321 e. The number of rotatable bonds is 2. The summed E-state index contributed by atoms with van der Waals surface area (Å²) in [4.78, 5) is 12.1. The molecular formula is C15H11ClN2O3S. The van der Waals surface area contributed by atoms with Crippen LogP contribution >= 0.6 is 11.6 Å². The van der Waals surface area contributed by atoms with E-state index in [4.69, 9.17) is 16.7 Å². The van der Waals surface area contributed by atoms with Crippen molar-refractivity contribution in [3.63, 3.8) is 0 Å². The molecule has 0 spiro atoms. The van der Waals surface area contributed by atoms with Gasteiger partial charge in [0.1, 0.15) is 0 Å². The van der Waals surface area contributed by atoms with Crippen LogP contribution in [0.15, 0.2) is 47.4 Å². The zero-order valence-electron chi connectivity index (χ0n) is 11.2. The van der Waals surface area contributed by atoms with Crippen LogP contribution < -0.4 is 10.5 Å². The van der Waals surface area contributed by atoms with Gasteiger partial charge in [0, 0.05) is 16.2 Å². The predicted molar refractivity (Wildman–Crippen MR) is 85.8 cm³/mol. The summed E-state index contributed by atoms with van der Waals surface area (Å²) < 4.78 is 22.8. The van der Waals surface area contributed by atoms with E-state index in [0.29, 0.717) is 21.8 Å². The average Bonchev–Trinajstić information content (AvgIpc) is 2.74. The third-order valence-electron chi connectivity index (χ3n) is 3.26. The molecule has 7 heteroatoms. The van der Waals surface area contributed by atoms with Crippen LogP contribution in [0.25, 0.3) is 11.6 Å². The molecule has 0 atom stereocenters. The minimum absolute atomic E-state index is 0.00316. The van der Waals surface area contributed by atoms with Gasteiger partial charge in [0.25, 0.3) is 5.91 Å². The molecule has 0 bridgehead atoms. The summed E-state index contributed by atoms with van der Waals surface area (Å²) in [6.07, 6.45) is 1.61. The van der Waals surface area contributed by atoms with Crippen molar-refractivity contribution in [3.8, 4) is 0 Å². The number of hydrogen-bond acceptors (Lipinski definition) is 3. The molecule has 0 saturated carbocycles. The molecule has 22 heavy (non-hydrogen) atoms. The Kier molecular flexibility index (Phi) is 3.52. The maximum absolute atomic E-state index is 12.1. The third-order valence-corrected chi connectivity index (χ3v) is 4.41. The van der Waals surface area contributed by atoms with E-state index in [1.807, 2.05) is 0 Å². The summed E-state index contributed by atoms with van der Waals surface area (Å²) in [5, 5.41) is 8.36. The molecule has 1 heterocycles. The lowest BCUT2D eigenvalue weighted by molar-refractivity contribution is -0.110. The van der Waals surface area contributed by atoms with Crippen molar-refractivity contribution in [2.75, 3.05) is 5.32 Å². The largest absolute Gasteiger partial charge is 0.321 e. The number of nitrogens with two attached hydrogens (primary N) is 1. The highest BCUT2D eigenvalue weighted by Gasteiger charge is 2.24. The first-order chi connectivity index (χ1) is 10.3. The van der Waals surface area contributed by atoms with Crippen LogP contribution in [0.4, 0.5) is 5.69 Å². The monoisotopic (exact) mass is 334 g/mol. The van der Waals surface area contributed by atoms with E-state index in [-0.39, 0.29) is 10.8 Å². The van der Waals surface area contributed by atoms with Crippen molar-refractivity contribution in [2.24, 2.45) is 5.14 Å². The summed E-state index contributed by atoms with van der Waals surface area (Å²) in [5.41, 5.74) is 2.36. The van der Waals surface area contributed by atoms with E-state index < -0.39 is 10.0 Å². The molecule has 0 fully saturated rings. The number of sulfonamides is 1. The molecule has 3 N–H and O–H groups in total. The van der Waals surface area contributed by atoms with Crippen molar-refractivity contribution in [2.45, 2.75) is 4.90 Å². The number of carbonyl (C=O) groups is 1. The Balaban J connectivity index is 2.09. The second kappa shape index (κ2) is 5.24. The number of anilines is 1. The van der Waals surface area contributed by atoms with Gasteiger partial charge in [-0.1, -0.05) is 29.8 Å². The van der Waals surface area contributed by atoms with Gasteiger partial charge in [-0.25, -0.2) is 13.6 Å². The van der Waals surface area contributed by atoms with Gasteiger partial charge in [0.15, 0.2) is 0 Å². The molecular weight excluding hydrogens is 324 g/mol. The zero-order chi connectivity index (χ0) is 15.9. The number of amides is 1. The first-order valence-corrected chi connectivity index (χ1v) is 8.23. The van der Waals surface area contributed by atoms with Gasteiger partial charge in [0.2, 0.25) is 10.0 Å². The van der Waals surface area contributed by atoms with Crippen molar-refractivity contribution < 1.29 is 13.2 Å². The third kappa shape index (κ3) is 2.76. The van der Waals surface area contributed by atoms with E-state index >= 15 is 0 Å². The molecule has 0 radical (unpaired) electrons. The van der Waals surface area contributed by atoms with Crippen LogP contribution in [0, 0.1) is 0 Å². The molecule has 0 unspecified atom stereocenters. The molecule has 0 aromatic heterocycles. The number of benzene rings is 2. The van der Waals surface area contributed by atoms with E-state index in [1.54, 1.807) is 36.4 Å². The summed E-state index contributed by atoms with van der Waals surface area (Å²) in [5.74, 6) is -0.265. The summed E-state index contributed by atoms with van der Waals surface area (Å²) in [7, 11) is -3.79. The number of fused-ring (bicyclic) bond motifs is 1. The van der Waals surface area contributed by atoms with Gasteiger partial charge in [-0.3, -0.25) is 4.79 Å². The molecule has 1 amide bonds. The van der Waals surface area contributed by atoms with E-state index in [0.717, 1.165) is 5.56 Å². The summed E-state index contributed by atoms with van der Waals surface area (Å²) in [6, 6.07) is 11.2. The van der Waals surface area contributed by atoms with Crippen LogP contribution in [0.5, 0.6) is 0 Å². The number of nitrogens with one attached hydrogen (secondary N) is 1. The Hall–Kier alpha value is -2.15. The lowest BCUT2D eigenvalue weighted by Gasteiger charge is -2.02. The van der Waals surface area contributed by atoms with E-state index in [2.05, 4.69) is 5.32 Å². The van der Waals surface area contributed by atoms with Crippen molar-refractivity contribution >= 4 is 44.9 Å². The number of halogens is 1. The highest BCUT2D eigenvalue weighted by molar-refractivity contribution is 7.89. The second-order valence-corrected chi connectivity index (χ2v) is 6.82. The van der Waals surface area contributed by atoms with Gasteiger partial charge < -0.3 is 5.32 Å². The molecule has 0 saturated heterocycles. The average molecular weight is 335 g/mol. The number of hydrogen-bond donors (Lipinski definition) is 2. The van der Waals surface area contributed by atoms with Crippen LogP contribution in [0.1, 0.15) is 11.1 Å². The fourth-order valence-electron chi connectivity index (χ4n) is 2.26. The maximum Gasteiger partial charge on any atom is 0.256 e. The van der Waals surface area contributed by atoms with Crippen molar-refractivity contribution in [1.29, 1.82) is 0 Å². The fourth-order valence-corrected chi connectivity index (χ4v) is 3.00. The van der Waals surface area contributed by atoms with E-state index in [9.17, 15) is 13.2 Å². The summed E-state index contributed by atoms with van der Waals surface area (Å²) in [6.45, 7) is 0. The topological polar surface area (TPSA) is 89.3 Å². The normalized spacial score (nSPS) is 15.7. The molecule has 112 valence electrons. The van der Waals surface area contributed by atoms with Gasteiger partial charge in [-0.05, 0) is 35.9 Å². The molecule has 0 aliphatic carbocycles. The SMILES string of the molecule is NS(=O)(=O)c1cccc(/C=C2/C(=O)Nc3cc(Cl)ccc32)c1. The summed E-state index contributed by atoms with van der Waals surface area (Å²) >= 11 is 5.90. The highest BCUT2D eigenvalue weighted by atomic mass is 35.5. The van der Waals surface area contributed by atoms with Crippen LogP contribution in [0.2, 0.25) is 5.02 Å². The molecule has 2 aromatic rings. The zero-order valence-corrected chi connectivity index (χ0v) is 12.8. The van der Waals surface area contributed by atoms with Crippen LogP contribution in [-0.2, 0) is 14.8 Å². The number of carbonyl (C=O) groups excluding carboxylic acids is 1. The van der Waals surface area contributed by atoms with Gasteiger partial charge >= 0.3 is 0 Å². The first kappa shape index (κ1) is 14.8. The molecule has 2 aromatic carbocycles. The van der Waals surface area contributed by atoms with Gasteiger partial charge in [-0.15, -0.1) is 0 Å². The lowest BCUT2D eigenvalue weighted by Crippen LogP contribution is -2.12. The second-order valence-electron chi connectivity index (χ2n) is 4.82. The highest BCUT2D eigenvalue weighted by Crippen LogP contribution is 2.34. The molecule has 5 nitrogen and oxygen atoms in total. The molecule has 1 aliphatic rings. The molecule has 3 rings (SSSR count). The Morgan fingerprint density at radius 3 is 2.64 bits per heavy atom. The van der Waals surface area contributed by atoms with Gasteiger partial charge in [-0.2, -0.15) is 0 Å². The van der Waals surface area contributed by atoms with Crippen molar-refractivity contribution in [3.05, 3.63) is 58.6 Å². The van der Waals surface area contributed by atoms with Crippen LogP contribution in [0.3, 0.4) is 0 Å². The van der Waals surface area contributed by atoms with E-state index in [1.165, 1.54) is 12.1 Å². The lowest BCUT2D eigenvalue weighted by atomic mass is 10.0. The smallest absolute Gasteiger partial charge is 0.256 e. The Labute approximate surface area is 132 Å². The minimum atomic E-state index is -3.79. The predicted octanol–water partition coefficient (Wildman–Crippen LogP) is 2.48. The number of primary sulfonamides is 1.